The molecule has 0 spiro atoms. The van der Waals surface area contributed by atoms with Gasteiger partial charge < -0.3 is 5.32 Å². The number of hydrogen-bond acceptors (Lipinski definition) is 4. The smallest absolute Gasteiger partial charge is 0.290 e. The lowest BCUT2D eigenvalue weighted by Gasteiger charge is -2.06. The van der Waals surface area contributed by atoms with Gasteiger partial charge in [-0.25, -0.2) is 13.8 Å². The summed E-state index contributed by atoms with van der Waals surface area (Å²) in [5, 5.41) is 12.9. The maximum Gasteiger partial charge on any atom is 0.290 e. The van der Waals surface area contributed by atoms with Crippen molar-refractivity contribution in [2.75, 3.05) is 5.32 Å². The lowest BCUT2D eigenvalue weighted by Crippen LogP contribution is -2.15. The molecule has 0 saturated heterocycles. The molecule has 1 N–H and O–H groups in total. The Kier molecular flexibility index (Phi) is 3.88. The lowest BCUT2D eigenvalue weighted by atomic mass is 10.2. The molecule has 0 bridgehead atoms. The molecule has 0 aliphatic heterocycles. The Morgan fingerprint density at radius 2 is 2.05 bits per heavy atom. The van der Waals surface area contributed by atoms with E-state index in [1.165, 1.54) is 13.0 Å². The molecule has 0 unspecified atom stereocenters. The van der Waals surface area contributed by atoms with E-state index >= 15 is 0 Å². The third-order valence-corrected chi connectivity index (χ3v) is 2.70. The van der Waals surface area contributed by atoms with Crippen LogP contribution in [-0.2, 0) is 0 Å². The predicted octanol–water partition coefficient (Wildman–Crippen LogP) is 2.83. The number of halogens is 2. The highest BCUT2D eigenvalue weighted by Gasteiger charge is 2.16. The van der Waals surface area contributed by atoms with Crippen molar-refractivity contribution in [3.05, 3.63) is 63.3 Å². The fraction of sp³-hybridized carbons (Fsp3) is 0.0769. The highest BCUT2D eigenvalue weighted by atomic mass is 19.1. The number of anilines is 1. The van der Waals surface area contributed by atoms with Crippen LogP contribution in [0.4, 0.5) is 20.3 Å². The third kappa shape index (κ3) is 3.16. The van der Waals surface area contributed by atoms with Crippen LogP contribution in [0.2, 0.25) is 0 Å². The molecule has 0 aliphatic rings. The van der Waals surface area contributed by atoms with Crippen LogP contribution in [0, 0.1) is 28.7 Å². The van der Waals surface area contributed by atoms with Gasteiger partial charge in [-0.2, -0.15) is 0 Å². The number of carbonyl (C=O) groups is 1. The molecule has 21 heavy (non-hydrogen) atoms. The van der Waals surface area contributed by atoms with Crippen molar-refractivity contribution in [3.8, 4) is 0 Å². The summed E-state index contributed by atoms with van der Waals surface area (Å²) in [5.41, 5.74) is -0.250. The number of nitro groups is 1. The standard InChI is InChI=1S/C13H9F2N3O3/c1-7-4-12(16-6-11(7)18(20)21)17-13(19)9-3-2-8(14)5-10(9)15/h2-6H,1H3,(H,16,17,19). The second-order valence-electron chi connectivity index (χ2n) is 4.19. The first kappa shape index (κ1) is 14.5. The van der Waals surface area contributed by atoms with Crippen LogP contribution >= 0.6 is 0 Å². The van der Waals surface area contributed by atoms with Gasteiger partial charge in [0.2, 0.25) is 0 Å². The Hall–Kier alpha value is -2.90. The van der Waals surface area contributed by atoms with Gasteiger partial charge in [-0.3, -0.25) is 14.9 Å². The van der Waals surface area contributed by atoms with E-state index in [4.69, 9.17) is 0 Å². The van der Waals surface area contributed by atoms with Crippen LogP contribution in [0.15, 0.2) is 30.5 Å². The Morgan fingerprint density at radius 3 is 2.62 bits per heavy atom. The number of carbonyl (C=O) groups excluding carboxylic acids is 1. The monoisotopic (exact) mass is 293 g/mol. The molecular formula is C13H9F2N3O3. The predicted molar refractivity (Wildman–Crippen MR) is 69.9 cm³/mol. The second-order valence-corrected chi connectivity index (χ2v) is 4.19. The number of aryl methyl sites for hydroxylation is 1. The van der Waals surface area contributed by atoms with Gasteiger partial charge in [0.25, 0.3) is 11.6 Å². The maximum absolute atomic E-state index is 13.4. The van der Waals surface area contributed by atoms with E-state index in [0.717, 1.165) is 18.3 Å². The lowest BCUT2D eigenvalue weighted by molar-refractivity contribution is -0.385. The van der Waals surface area contributed by atoms with Crippen molar-refractivity contribution in [1.29, 1.82) is 0 Å². The summed E-state index contributed by atoms with van der Waals surface area (Å²) in [6.07, 6.45) is 0.992. The molecule has 1 amide bonds. The van der Waals surface area contributed by atoms with Gasteiger partial charge in [-0.15, -0.1) is 0 Å². The number of hydrogen-bond donors (Lipinski definition) is 1. The van der Waals surface area contributed by atoms with Crippen molar-refractivity contribution in [1.82, 2.24) is 4.98 Å². The normalized spacial score (nSPS) is 10.2. The number of aromatic nitrogens is 1. The fourth-order valence-electron chi connectivity index (χ4n) is 1.67. The zero-order valence-electron chi connectivity index (χ0n) is 10.8. The summed E-state index contributed by atoms with van der Waals surface area (Å²) in [6.45, 7) is 1.48. The van der Waals surface area contributed by atoms with E-state index in [9.17, 15) is 23.7 Å². The number of nitrogens with one attached hydrogen (secondary N) is 1. The van der Waals surface area contributed by atoms with E-state index < -0.39 is 22.5 Å². The van der Waals surface area contributed by atoms with Crippen LogP contribution < -0.4 is 5.32 Å². The summed E-state index contributed by atoms with van der Waals surface area (Å²) < 4.78 is 26.2. The average Bonchev–Trinajstić information content (AvgIpc) is 2.37. The molecule has 8 heteroatoms. The Bertz CT molecular complexity index is 735. The SMILES string of the molecule is Cc1cc(NC(=O)c2ccc(F)cc2F)ncc1[N+](=O)[O-]. The average molecular weight is 293 g/mol. The molecule has 108 valence electrons. The van der Waals surface area contributed by atoms with Gasteiger partial charge in [0.05, 0.1) is 10.5 Å². The molecule has 1 heterocycles. The van der Waals surface area contributed by atoms with E-state index in [1.807, 2.05) is 0 Å². The Balaban J connectivity index is 2.23. The van der Waals surface area contributed by atoms with E-state index in [2.05, 4.69) is 10.3 Å². The van der Waals surface area contributed by atoms with E-state index in [1.54, 1.807) is 0 Å². The van der Waals surface area contributed by atoms with Crippen molar-refractivity contribution >= 4 is 17.4 Å². The summed E-state index contributed by atoms with van der Waals surface area (Å²) >= 11 is 0. The summed E-state index contributed by atoms with van der Waals surface area (Å²) in [6, 6.07) is 3.83. The van der Waals surface area contributed by atoms with Gasteiger partial charge in [0, 0.05) is 11.6 Å². The number of nitrogens with zero attached hydrogens (tertiary/aromatic N) is 2. The number of pyridine rings is 1. The third-order valence-electron chi connectivity index (χ3n) is 2.70. The fourth-order valence-corrected chi connectivity index (χ4v) is 1.67. The minimum Gasteiger partial charge on any atom is -0.306 e. The first-order valence-corrected chi connectivity index (χ1v) is 5.76. The summed E-state index contributed by atoms with van der Waals surface area (Å²) in [4.78, 5) is 25.6. The quantitative estimate of drug-likeness (QED) is 0.696. The molecule has 1 aromatic carbocycles. The summed E-state index contributed by atoms with van der Waals surface area (Å²) in [7, 11) is 0. The molecule has 2 rings (SSSR count). The van der Waals surface area contributed by atoms with Gasteiger partial charge in [0.15, 0.2) is 0 Å². The first-order chi connectivity index (χ1) is 9.88. The Morgan fingerprint density at radius 1 is 1.33 bits per heavy atom. The minimum absolute atomic E-state index is 0.0341. The maximum atomic E-state index is 13.4. The highest BCUT2D eigenvalue weighted by molar-refractivity contribution is 6.04. The molecule has 0 atom stereocenters. The van der Waals surface area contributed by atoms with Crippen LogP contribution in [0.3, 0.4) is 0 Å². The van der Waals surface area contributed by atoms with Crippen LogP contribution in [-0.4, -0.2) is 15.8 Å². The van der Waals surface area contributed by atoms with Crippen LogP contribution in [0.5, 0.6) is 0 Å². The number of amides is 1. The Labute approximate surface area is 117 Å². The van der Waals surface area contributed by atoms with Crippen molar-refractivity contribution < 1.29 is 18.5 Å². The highest BCUT2D eigenvalue weighted by Crippen LogP contribution is 2.19. The molecule has 2 aromatic rings. The largest absolute Gasteiger partial charge is 0.306 e. The minimum atomic E-state index is -1.01. The van der Waals surface area contributed by atoms with E-state index in [0.29, 0.717) is 11.6 Å². The molecule has 0 aliphatic carbocycles. The van der Waals surface area contributed by atoms with Crippen molar-refractivity contribution in [3.63, 3.8) is 0 Å². The summed E-state index contributed by atoms with van der Waals surface area (Å²) in [5.74, 6) is -2.60. The topological polar surface area (TPSA) is 85.1 Å². The molecular weight excluding hydrogens is 284 g/mol. The molecule has 1 aromatic heterocycles. The zero-order chi connectivity index (χ0) is 15.6. The van der Waals surface area contributed by atoms with Gasteiger partial charge >= 0.3 is 0 Å². The van der Waals surface area contributed by atoms with Gasteiger partial charge in [-0.1, -0.05) is 0 Å². The van der Waals surface area contributed by atoms with Crippen LogP contribution in [0.25, 0.3) is 0 Å². The van der Waals surface area contributed by atoms with Crippen molar-refractivity contribution in [2.45, 2.75) is 6.92 Å². The molecule has 0 fully saturated rings. The van der Waals surface area contributed by atoms with Gasteiger partial charge in [0.1, 0.15) is 23.6 Å². The number of rotatable bonds is 3. The zero-order valence-corrected chi connectivity index (χ0v) is 10.8. The second kappa shape index (κ2) is 5.61. The number of benzene rings is 1. The van der Waals surface area contributed by atoms with Crippen molar-refractivity contribution in [2.24, 2.45) is 0 Å². The molecule has 0 saturated carbocycles. The van der Waals surface area contributed by atoms with Crippen LogP contribution in [0.1, 0.15) is 15.9 Å². The van der Waals surface area contributed by atoms with E-state index in [-0.39, 0.29) is 17.1 Å². The molecule has 6 nitrogen and oxygen atoms in total. The molecule has 0 radical (unpaired) electrons. The van der Waals surface area contributed by atoms with Gasteiger partial charge in [-0.05, 0) is 25.1 Å². The first-order valence-electron chi connectivity index (χ1n) is 5.76.